The normalized spacial score (nSPS) is 11.9. The Morgan fingerprint density at radius 2 is 1.71 bits per heavy atom. The van der Waals surface area contributed by atoms with E-state index in [-0.39, 0.29) is 11.4 Å². The van der Waals surface area contributed by atoms with Crippen LogP contribution < -0.4 is 0 Å². The van der Waals surface area contributed by atoms with Crippen molar-refractivity contribution in [3.8, 4) is 0 Å². The zero-order valence-corrected chi connectivity index (χ0v) is 15.0. The summed E-state index contributed by atoms with van der Waals surface area (Å²) in [5.74, 6) is 0. The highest BCUT2D eigenvalue weighted by atomic mass is 79.9. The number of hydrogen-bond donors (Lipinski definition) is 0. The highest BCUT2D eigenvalue weighted by Gasteiger charge is 2.21. The van der Waals surface area contributed by atoms with Gasteiger partial charge < -0.3 is 0 Å². The van der Waals surface area contributed by atoms with Crippen LogP contribution in [0.15, 0.2) is 51.8 Å². The second-order valence-corrected chi connectivity index (χ2v) is 8.17. The molecule has 0 saturated carbocycles. The minimum absolute atomic E-state index is 0.151. The van der Waals surface area contributed by atoms with E-state index in [9.17, 15) is 8.42 Å². The van der Waals surface area contributed by atoms with Gasteiger partial charge in [0.15, 0.2) is 0 Å². The fourth-order valence-corrected chi connectivity index (χ4v) is 3.58. The first-order valence-electron chi connectivity index (χ1n) is 5.97. The van der Waals surface area contributed by atoms with E-state index in [1.54, 1.807) is 42.5 Å². The molecular weight excluding hydrogens is 397 g/mol. The van der Waals surface area contributed by atoms with Crippen molar-refractivity contribution in [1.29, 1.82) is 0 Å². The van der Waals surface area contributed by atoms with Crippen LogP contribution in [0.3, 0.4) is 0 Å². The molecule has 0 aliphatic heterocycles. The molecule has 0 amide bonds. The third kappa shape index (κ3) is 3.79. The molecule has 2 rings (SSSR count). The minimum atomic E-state index is -3.57. The van der Waals surface area contributed by atoms with Crippen LogP contribution in [0.1, 0.15) is 5.56 Å². The molecule has 3 nitrogen and oxygen atoms in total. The standard InChI is InChI=1S/C14H12BrCl2NO2S/c1-18(9-10-3-2-4-13(16)14(10)17)21(19,20)12-7-5-11(15)6-8-12/h2-8H,9H2,1H3. The summed E-state index contributed by atoms with van der Waals surface area (Å²) < 4.78 is 27.0. The van der Waals surface area contributed by atoms with E-state index in [1.165, 1.54) is 11.4 Å². The zero-order valence-electron chi connectivity index (χ0n) is 11.1. The van der Waals surface area contributed by atoms with Gasteiger partial charge in [-0.05, 0) is 35.9 Å². The summed E-state index contributed by atoms with van der Waals surface area (Å²) in [6, 6.07) is 11.6. The zero-order chi connectivity index (χ0) is 15.6. The van der Waals surface area contributed by atoms with E-state index in [0.717, 1.165) is 4.47 Å². The van der Waals surface area contributed by atoms with Crippen molar-refractivity contribution in [2.24, 2.45) is 0 Å². The van der Waals surface area contributed by atoms with Crippen LogP contribution in [0.4, 0.5) is 0 Å². The maximum Gasteiger partial charge on any atom is 0.243 e. The van der Waals surface area contributed by atoms with Crippen molar-refractivity contribution in [3.05, 3.63) is 62.5 Å². The van der Waals surface area contributed by atoms with Crippen molar-refractivity contribution >= 4 is 49.2 Å². The van der Waals surface area contributed by atoms with E-state index in [4.69, 9.17) is 23.2 Å². The SMILES string of the molecule is CN(Cc1cccc(Cl)c1Cl)S(=O)(=O)c1ccc(Br)cc1. The smallest absolute Gasteiger partial charge is 0.207 e. The van der Waals surface area contributed by atoms with Gasteiger partial charge in [0.1, 0.15) is 0 Å². The summed E-state index contributed by atoms with van der Waals surface area (Å²) >= 11 is 15.3. The Morgan fingerprint density at radius 3 is 2.33 bits per heavy atom. The van der Waals surface area contributed by atoms with Gasteiger partial charge in [0.2, 0.25) is 10.0 Å². The third-order valence-electron chi connectivity index (χ3n) is 2.95. The first-order chi connectivity index (χ1) is 9.82. The van der Waals surface area contributed by atoms with Gasteiger partial charge in [0, 0.05) is 18.1 Å². The molecule has 0 unspecified atom stereocenters. The molecule has 7 heteroatoms. The Hall–Kier alpha value is -0.590. The van der Waals surface area contributed by atoms with E-state index in [0.29, 0.717) is 15.6 Å². The molecular formula is C14H12BrCl2NO2S. The molecule has 0 aliphatic carbocycles. The molecule has 21 heavy (non-hydrogen) atoms. The molecule has 0 saturated heterocycles. The monoisotopic (exact) mass is 407 g/mol. The van der Waals surface area contributed by atoms with Crippen LogP contribution in [-0.2, 0) is 16.6 Å². The van der Waals surface area contributed by atoms with Gasteiger partial charge >= 0.3 is 0 Å². The number of benzene rings is 2. The lowest BCUT2D eigenvalue weighted by molar-refractivity contribution is 0.467. The van der Waals surface area contributed by atoms with Gasteiger partial charge in [-0.3, -0.25) is 0 Å². The third-order valence-corrected chi connectivity index (χ3v) is 6.15. The molecule has 0 spiro atoms. The maximum absolute atomic E-state index is 12.5. The molecule has 0 bridgehead atoms. The average molecular weight is 409 g/mol. The number of sulfonamides is 1. The van der Waals surface area contributed by atoms with Crippen LogP contribution in [0.5, 0.6) is 0 Å². The molecule has 2 aromatic carbocycles. The largest absolute Gasteiger partial charge is 0.243 e. The number of rotatable bonds is 4. The second-order valence-electron chi connectivity index (χ2n) is 4.43. The highest BCUT2D eigenvalue weighted by molar-refractivity contribution is 9.10. The molecule has 0 atom stereocenters. The second kappa shape index (κ2) is 6.67. The van der Waals surface area contributed by atoms with E-state index >= 15 is 0 Å². The summed E-state index contributed by atoms with van der Waals surface area (Å²) in [5, 5.41) is 0.778. The Kier molecular flexibility index (Phi) is 5.33. The lowest BCUT2D eigenvalue weighted by Gasteiger charge is -2.18. The van der Waals surface area contributed by atoms with E-state index in [1.807, 2.05) is 0 Å². The van der Waals surface area contributed by atoms with Crippen molar-refractivity contribution in [1.82, 2.24) is 4.31 Å². The van der Waals surface area contributed by atoms with Crippen molar-refractivity contribution in [2.75, 3.05) is 7.05 Å². The number of hydrogen-bond acceptors (Lipinski definition) is 2. The first kappa shape index (κ1) is 16.8. The summed E-state index contributed by atoms with van der Waals surface area (Å²) in [4.78, 5) is 0.228. The van der Waals surface area contributed by atoms with Crippen LogP contribution in [-0.4, -0.2) is 19.8 Å². The Labute approximate surface area is 142 Å². The number of nitrogens with zero attached hydrogens (tertiary/aromatic N) is 1. The lowest BCUT2D eigenvalue weighted by atomic mass is 10.2. The molecule has 0 aliphatic rings. The average Bonchev–Trinajstić information content (AvgIpc) is 2.44. The summed E-state index contributed by atoms with van der Waals surface area (Å²) in [6.45, 7) is 0.151. The van der Waals surface area contributed by atoms with E-state index < -0.39 is 10.0 Å². The fraction of sp³-hybridized carbons (Fsp3) is 0.143. The topological polar surface area (TPSA) is 37.4 Å². The predicted octanol–water partition coefficient (Wildman–Crippen LogP) is 4.58. The lowest BCUT2D eigenvalue weighted by Crippen LogP contribution is -2.26. The van der Waals surface area contributed by atoms with Crippen LogP contribution in [0.2, 0.25) is 10.0 Å². The number of halogens is 3. The molecule has 112 valence electrons. The van der Waals surface area contributed by atoms with Crippen molar-refractivity contribution < 1.29 is 8.42 Å². The molecule has 0 heterocycles. The predicted molar refractivity (Wildman–Crippen MR) is 89.3 cm³/mol. The quantitative estimate of drug-likeness (QED) is 0.742. The summed E-state index contributed by atoms with van der Waals surface area (Å²) in [5.41, 5.74) is 0.660. The van der Waals surface area contributed by atoms with Crippen LogP contribution >= 0.6 is 39.1 Å². The molecule has 2 aromatic rings. The Bertz CT molecular complexity index is 748. The van der Waals surface area contributed by atoms with Gasteiger partial charge in [-0.15, -0.1) is 0 Å². The fourth-order valence-electron chi connectivity index (χ4n) is 1.78. The van der Waals surface area contributed by atoms with Gasteiger partial charge in [0.25, 0.3) is 0 Å². The van der Waals surface area contributed by atoms with Crippen molar-refractivity contribution in [2.45, 2.75) is 11.4 Å². The Morgan fingerprint density at radius 1 is 1.10 bits per heavy atom. The molecule has 0 radical (unpaired) electrons. The maximum atomic E-state index is 12.5. The first-order valence-corrected chi connectivity index (χ1v) is 8.96. The van der Waals surface area contributed by atoms with Gasteiger partial charge in [-0.2, -0.15) is 4.31 Å². The molecule has 0 fully saturated rings. The summed E-state index contributed by atoms with van der Waals surface area (Å²) in [7, 11) is -2.06. The summed E-state index contributed by atoms with van der Waals surface area (Å²) in [6.07, 6.45) is 0. The van der Waals surface area contributed by atoms with Crippen molar-refractivity contribution in [3.63, 3.8) is 0 Å². The van der Waals surface area contributed by atoms with Gasteiger partial charge in [-0.1, -0.05) is 51.3 Å². The van der Waals surface area contributed by atoms with Gasteiger partial charge in [0.05, 0.1) is 14.9 Å². The van der Waals surface area contributed by atoms with Crippen LogP contribution in [0.25, 0.3) is 0 Å². The minimum Gasteiger partial charge on any atom is -0.207 e. The van der Waals surface area contributed by atoms with Crippen LogP contribution in [0, 0.1) is 0 Å². The molecule has 0 aromatic heterocycles. The molecule has 0 N–H and O–H groups in total. The van der Waals surface area contributed by atoms with E-state index in [2.05, 4.69) is 15.9 Å². The highest BCUT2D eigenvalue weighted by Crippen LogP contribution is 2.27. The Balaban J connectivity index is 2.28. The van der Waals surface area contributed by atoms with Gasteiger partial charge in [-0.25, -0.2) is 8.42 Å².